The Morgan fingerprint density at radius 3 is 2.83 bits per heavy atom. The number of para-hydroxylation sites is 1. The molecule has 12 heteroatoms. The number of carboxylic acids is 1. The zero-order chi connectivity index (χ0) is 21.4. The molecule has 1 amide bonds. The van der Waals surface area contributed by atoms with Gasteiger partial charge < -0.3 is 24.7 Å². The van der Waals surface area contributed by atoms with Crippen molar-refractivity contribution in [2.45, 2.75) is 20.4 Å². The molecule has 12 nitrogen and oxygen atoms in total. The number of nitrogens with zero attached hydrogens (tertiary/aromatic N) is 4. The molecule has 2 rings (SSSR count). The molecule has 2 N–H and O–H groups in total. The van der Waals surface area contributed by atoms with Gasteiger partial charge in [0.05, 0.1) is 12.8 Å². The number of aliphatic carboxylic acids is 1. The number of amides is 1. The van der Waals surface area contributed by atoms with Crippen molar-refractivity contribution < 1.29 is 29.1 Å². The van der Waals surface area contributed by atoms with E-state index in [4.69, 9.17) is 14.6 Å². The third-order valence-corrected chi connectivity index (χ3v) is 3.56. The minimum atomic E-state index is -1.16. The van der Waals surface area contributed by atoms with E-state index in [0.717, 1.165) is 10.8 Å². The number of aromatic nitrogens is 2. The first-order valence-electron chi connectivity index (χ1n) is 8.42. The normalized spacial score (nSPS) is 10.7. The number of benzene rings is 1. The molecular formula is C17H19N5O7. The molecule has 2 aromatic rings. The number of ether oxygens (including phenoxy) is 2. The van der Waals surface area contributed by atoms with Crippen LogP contribution in [0.4, 0.5) is 5.82 Å². The van der Waals surface area contributed by atoms with Crippen LogP contribution in [0.15, 0.2) is 29.5 Å². The van der Waals surface area contributed by atoms with Crippen molar-refractivity contribution in [2.75, 3.05) is 13.2 Å². The van der Waals surface area contributed by atoms with Crippen LogP contribution in [0.2, 0.25) is 0 Å². The molecule has 154 valence electrons. The molecule has 29 heavy (non-hydrogen) atoms. The van der Waals surface area contributed by atoms with E-state index in [0.29, 0.717) is 23.7 Å². The Hall–Kier alpha value is -3.96. The Balaban J connectivity index is 2.12. The quantitative estimate of drug-likeness (QED) is 0.338. The van der Waals surface area contributed by atoms with E-state index >= 15 is 0 Å². The van der Waals surface area contributed by atoms with Crippen LogP contribution in [-0.4, -0.2) is 50.9 Å². The number of nitro groups is 1. The number of hydrogen-bond donors (Lipinski definition) is 2. The van der Waals surface area contributed by atoms with Crippen LogP contribution in [-0.2, 0) is 16.1 Å². The van der Waals surface area contributed by atoms with Crippen molar-refractivity contribution in [3.8, 4) is 11.5 Å². The number of carbonyl (C=O) groups excluding carboxylic acids is 1. The third-order valence-electron chi connectivity index (χ3n) is 3.56. The molecular weight excluding hydrogens is 386 g/mol. The van der Waals surface area contributed by atoms with Gasteiger partial charge >= 0.3 is 11.8 Å². The van der Waals surface area contributed by atoms with Gasteiger partial charge in [-0.25, -0.2) is 19.8 Å². The van der Waals surface area contributed by atoms with Gasteiger partial charge in [-0.05, 0) is 24.0 Å². The van der Waals surface area contributed by atoms with E-state index in [2.05, 4.69) is 15.5 Å². The highest BCUT2D eigenvalue weighted by Gasteiger charge is 2.20. The summed E-state index contributed by atoms with van der Waals surface area (Å²) in [5.74, 6) is -1.28. The standard InChI is InChI=1S/C17H19N5O7/c1-3-28-13-6-4-5-12(17(13)29-10-16(24)25)7-19-20-14(23)9-21-11(2)18-8-15(21)22(26)27/h4-8H,3,9-10H2,1-2H3,(H,20,23)(H,24,25). The molecule has 1 aromatic heterocycles. The summed E-state index contributed by atoms with van der Waals surface area (Å²) in [7, 11) is 0. The van der Waals surface area contributed by atoms with Crippen LogP contribution in [0.25, 0.3) is 0 Å². The van der Waals surface area contributed by atoms with Gasteiger partial charge in [-0.1, -0.05) is 6.07 Å². The summed E-state index contributed by atoms with van der Waals surface area (Å²) in [6.45, 7) is 2.71. The summed E-state index contributed by atoms with van der Waals surface area (Å²) in [6.07, 6.45) is 2.32. The number of aryl methyl sites for hydroxylation is 1. The van der Waals surface area contributed by atoms with E-state index in [-0.39, 0.29) is 18.1 Å². The number of nitrogens with one attached hydrogen (secondary N) is 1. The van der Waals surface area contributed by atoms with E-state index in [1.807, 2.05) is 0 Å². The second kappa shape index (κ2) is 9.82. The number of carboxylic acid groups (broad SMARTS) is 1. The highest BCUT2D eigenvalue weighted by atomic mass is 16.6. The maximum absolute atomic E-state index is 12.1. The monoisotopic (exact) mass is 405 g/mol. The van der Waals surface area contributed by atoms with Crippen molar-refractivity contribution in [2.24, 2.45) is 5.10 Å². The van der Waals surface area contributed by atoms with Gasteiger partial charge in [0.2, 0.25) is 0 Å². The number of carbonyl (C=O) groups is 2. The average Bonchev–Trinajstić information content (AvgIpc) is 3.02. The zero-order valence-corrected chi connectivity index (χ0v) is 15.7. The Bertz CT molecular complexity index is 938. The maximum atomic E-state index is 12.1. The number of hydrogen-bond acceptors (Lipinski definition) is 8. The minimum Gasteiger partial charge on any atom is -0.490 e. The largest absolute Gasteiger partial charge is 0.490 e. The summed E-state index contributed by atoms with van der Waals surface area (Å²) in [5.41, 5.74) is 2.63. The molecule has 0 atom stereocenters. The lowest BCUT2D eigenvalue weighted by Crippen LogP contribution is -2.24. The SMILES string of the molecule is CCOc1cccc(C=NNC(=O)Cn2c([N+](=O)[O-])cnc2C)c1OCC(=O)O. The van der Waals surface area contributed by atoms with Crippen molar-refractivity contribution >= 4 is 23.9 Å². The topological polar surface area (TPSA) is 158 Å². The molecule has 0 aliphatic heterocycles. The molecule has 0 bridgehead atoms. The molecule has 1 aromatic carbocycles. The summed E-state index contributed by atoms with van der Waals surface area (Å²) < 4.78 is 11.8. The Morgan fingerprint density at radius 2 is 2.17 bits per heavy atom. The molecule has 0 spiro atoms. The minimum absolute atomic E-state index is 0.163. The van der Waals surface area contributed by atoms with Gasteiger partial charge in [0, 0.05) is 12.5 Å². The summed E-state index contributed by atoms with van der Waals surface area (Å²) in [4.78, 5) is 37.0. The van der Waals surface area contributed by atoms with Crippen molar-refractivity contribution in [3.05, 3.63) is 45.9 Å². The van der Waals surface area contributed by atoms with Gasteiger partial charge in [0.15, 0.2) is 30.5 Å². The molecule has 0 fully saturated rings. The van der Waals surface area contributed by atoms with Crippen LogP contribution in [0.5, 0.6) is 11.5 Å². The molecule has 0 unspecified atom stereocenters. The fourth-order valence-electron chi connectivity index (χ4n) is 2.34. The summed E-state index contributed by atoms with van der Waals surface area (Å²) >= 11 is 0. The number of hydrazone groups is 1. The first-order valence-corrected chi connectivity index (χ1v) is 8.42. The summed E-state index contributed by atoms with van der Waals surface area (Å²) in [5, 5.41) is 23.6. The van der Waals surface area contributed by atoms with Crippen LogP contribution in [0.1, 0.15) is 18.3 Å². The highest BCUT2D eigenvalue weighted by molar-refractivity contribution is 5.86. The van der Waals surface area contributed by atoms with Gasteiger partial charge in [-0.15, -0.1) is 0 Å². The molecule has 0 radical (unpaired) electrons. The lowest BCUT2D eigenvalue weighted by molar-refractivity contribution is -0.392. The fourth-order valence-corrected chi connectivity index (χ4v) is 2.34. The van der Waals surface area contributed by atoms with E-state index in [1.54, 1.807) is 25.1 Å². The van der Waals surface area contributed by atoms with Crippen LogP contribution >= 0.6 is 0 Å². The van der Waals surface area contributed by atoms with Gasteiger partial charge in [0.25, 0.3) is 5.91 Å². The Kier molecular flexibility index (Phi) is 7.23. The lowest BCUT2D eigenvalue weighted by atomic mass is 10.2. The van der Waals surface area contributed by atoms with Crippen molar-refractivity contribution in [1.29, 1.82) is 0 Å². The Morgan fingerprint density at radius 1 is 1.41 bits per heavy atom. The fraction of sp³-hybridized carbons (Fsp3) is 0.294. The predicted molar refractivity (Wildman–Crippen MR) is 100 cm³/mol. The van der Waals surface area contributed by atoms with Gasteiger partial charge in [0.1, 0.15) is 6.20 Å². The van der Waals surface area contributed by atoms with Crippen LogP contribution in [0, 0.1) is 17.0 Å². The maximum Gasteiger partial charge on any atom is 0.343 e. The van der Waals surface area contributed by atoms with E-state index < -0.39 is 23.4 Å². The highest BCUT2D eigenvalue weighted by Crippen LogP contribution is 2.30. The first-order chi connectivity index (χ1) is 13.8. The van der Waals surface area contributed by atoms with Gasteiger partial charge in [-0.2, -0.15) is 5.10 Å². The molecule has 0 saturated carbocycles. The molecule has 0 saturated heterocycles. The third kappa shape index (κ3) is 5.76. The lowest BCUT2D eigenvalue weighted by Gasteiger charge is -2.12. The average molecular weight is 405 g/mol. The van der Waals surface area contributed by atoms with E-state index in [9.17, 15) is 19.7 Å². The van der Waals surface area contributed by atoms with Crippen molar-refractivity contribution in [3.63, 3.8) is 0 Å². The summed E-state index contributed by atoms with van der Waals surface area (Å²) in [6, 6.07) is 4.86. The van der Waals surface area contributed by atoms with Gasteiger partial charge in [-0.3, -0.25) is 4.79 Å². The van der Waals surface area contributed by atoms with Crippen molar-refractivity contribution in [1.82, 2.24) is 15.0 Å². The molecule has 0 aliphatic carbocycles. The first kappa shape index (κ1) is 21.3. The van der Waals surface area contributed by atoms with E-state index in [1.165, 1.54) is 13.1 Å². The van der Waals surface area contributed by atoms with Crippen LogP contribution < -0.4 is 14.9 Å². The predicted octanol–water partition coefficient (Wildman–Crippen LogP) is 1.11. The number of imidazole rings is 1. The zero-order valence-electron chi connectivity index (χ0n) is 15.7. The second-order valence-corrected chi connectivity index (χ2v) is 5.59. The Labute approximate surface area is 164 Å². The second-order valence-electron chi connectivity index (χ2n) is 5.59. The van der Waals surface area contributed by atoms with Crippen LogP contribution in [0.3, 0.4) is 0 Å². The number of rotatable bonds is 10. The molecule has 0 aliphatic rings. The molecule has 1 heterocycles. The smallest absolute Gasteiger partial charge is 0.343 e.